The van der Waals surface area contributed by atoms with Crippen LogP contribution in [0.15, 0.2) is 66.9 Å². The van der Waals surface area contributed by atoms with Crippen LogP contribution in [0.5, 0.6) is 5.75 Å². The molecule has 0 saturated carbocycles. The van der Waals surface area contributed by atoms with Crippen LogP contribution in [0.1, 0.15) is 70.5 Å². The summed E-state index contributed by atoms with van der Waals surface area (Å²) in [7, 11) is 0. The van der Waals surface area contributed by atoms with E-state index in [0.717, 1.165) is 50.9 Å². The van der Waals surface area contributed by atoms with Gasteiger partial charge in [0.25, 0.3) is 11.8 Å². The van der Waals surface area contributed by atoms with Crippen molar-refractivity contribution in [2.75, 3.05) is 26.4 Å². The molecule has 274 valence electrons. The molecule has 4 N–H and O–H groups in total. The number of hydrogen-bond acceptors (Lipinski definition) is 9. The van der Waals surface area contributed by atoms with Crippen LogP contribution < -0.4 is 21.1 Å². The van der Waals surface area contributed by atoms with Crippen molar-refractivity contribution in [2.24, 2.45) is 5.73 Å². The van der Waals surface area contributed by atoms with Crippen LogP contribution in [0.2, 0.25) is 0 Å². The summed E-state index contributed by atoms with van der Waals surface area (Å²) in [6.07, 6.45) is 3.27. The van der Waals surface area contributed by atoms with Crippen molar-refractivity contribution >= 4 is 57.6 Å². The Labute approximate surface area is 310 Å². The number of carbonyl (C=O) groups excluding carboxylic acids is 5. The Balaban J connectivity index is 0.968. The maximum Gasteiger partial charge on any atom is 0.266 e. The highest BCUT2D eigenvalue weighted by Gasteiger charge is 2.46. The first-order chi connectivity index (χ1) is 25.6. The zero-order valence-electron chi connectivity index (χ0n) is 29.1. The molecule has 2 fully saturated rings. The first-order valence-corrected chi connectivity index (χ1v) is 18.0. The van der Waals surface area contributed by atoms with Crippen LogP contribution >= 0.6 is 12.2 Å². The Kier molecular flexibility index (Phi) is 10.4. The molecule has 0 aliphatic carbocycles. The van der Waals surface area contributed by atoms with Gasteiger partial charge in [0.2, 0.25) is 17.7 Å². The Bertz CT molecular complexity index is 2140. The molecule has 1 aromatic heterocycles. The van der Waals surface area contributed by atoms with Gasteiger partial charge in [-0.1, -0.05) is 48.6 Å². The number of rotatable bonds is 12. The molecule has 3 aromatic carbocycles. The normalized spacial score (nSPS) is 18.2. The van der Waals surface area contributed by atoms with Crippen LogP contribution in [0.4, 0.5) is 0 Å². The van der Waals surface area contributed by atoms with Gasteiger partial charge in [-0.2, -0.15) is 0 Å². The lowest BCUT2D eigenvalue weighted by atomic mass is 10.0. The van der Waals surface area contributed by atoms with Crippen molar-refractivity contribution in [1.29, 1.82) is 0 Å². The molecular weight excluding hydrogens is 699 g/mol. The molecule has 53 heavy (non-hydrogen) atoms. The highest BCUT2D eigenvalue weighted by Crippen LogP contribution is 2.37. The van der Waals surface area contributed by atoms with Crippen LogP contribution in [0, 0.1) is 0 Å². The quantitative estimate of drug-likeness (QED) is 0.110. The molecule has 0 spiro atoms. The topological polar surface area (TPSA) is 171 Å². The Morgan fingerprint density at radius 3 is 2.57 bits per heavy atom. The first kappa shape index (κ1) is 35.9. The predicted octanol–water partition coefficient (Wildman–Crippen LogP) is 3.80. The molecule has 14 heteroatoms. The third-order valence-electron chi connectivity index (χ3n) is 9.92. The maximum absolute atomic E-state index is 13.3. The average Bonchev–Trinajstić information content (AvgIpc) is 3.67. The van der Waals surface area contributed by atoms with E-state index in [1.54, 1.807) is 19.1 Å². The monoisotopic (exact) mass is 737 g/mol. The fourth-order valence-corrected chi connectivity index (χ4v) is 7.26. The Morgan fingerprint density at radius 2 is 1.79 bits per heavy atom. The Hall–Kier alpha value is -5.44. The third-order valence-corrected chi connectivity index (χ3v) is 10.2. The lowest BCUT2D eigenvalue weighted by molar-refractivity contribution is -0.136. The average molecular weight is 738 g/mol. The van der Waals surface area contributed by atoms with Gasteiger partial charge < -0.3 is 29.8 Å². The summed E-state index contributed by atoms with van der Waals surface area (Å²) in [5, 5.41) is 6.23. The van der Waals surface area contributed by atoms with E-state index in [1.165, 1.54) is 6.07 Å². The molecule has 4 heterocycles. The van der Waals surface area contributed by atoms with Crippen LogP contribution in [0.3, 0.4) is 0 Å². The second-order valence-electron chi connectivity index (χ2n) is 13.3. The van der Waals surface area contributed by atoms with Crippen molar-refractivity contribution < 1.29 is 38.2 Å². The molecule has 3 aliphatic rings. The molecule has 0 radical (unpaired) electrons. The van der Waals surface area contributed by atoms with E-state index < -0.39 is 35.8 Å². The number of hydrogen-bond donors (Lipinski definition) is 3. The smallest absolute Gasteiger partial charge is 0.266 e. The summed E-state index contributed by atoms with van der Waals surface area (Å²) in [4.78, 5) is 64.7. The predicted molar refractivity (Wildman–Crippen MR) is 198 cm³/mol. The van der Waals surface area contributed by atoms with Gasteiger partial charge >= 0.3 is 0 Å². The second kappa shape index (κ2) is 15.3. The minimum atomic E-state index is -1.08. The zero-order chi connectivity index (χ0) is 37.2. The highest BCUT2D eigenvalue weighted by atomic mass is 32.1. The van der Waals surface area contributed by atoms with E-state index in [0.29, 0.717) is 24.7 Å². The number of benzene rings is 3. The van der Waals surface area contributed by atoms with E-state index in [9.17, 15) is 24.0 Å². The molecule has 3 aliphatic heterocycles. The second-order valence-corrected chi connectivity index (χ2v) is 13.7. The molecule has 4 aromatic rings. The summed E-state index contributed by atoms with van der Waals surface area (Å²) >= 11 is 5.23. The van der Waals surface area contributed by atoms with Gasteiger partial charge in [-0.05, 0) is 61.6 Å². The number of ether oxygens (including phenoxy) is 3. The van der Waals surface area contributed by atoms with Gasteiger partial charge in [0.05, 0.1) is 17.7 Å². The molecule has 2 saturated heterocycles. The standard InChI is InChI=1S/C39H39N5O8S/c1-22(51-16-17-52-32-7-3-6-28-34(32)39(49)44(38(28)48)30-10-11-33(45)42-37(30)47)36(46)41-20-23-8-9-27-29(24-4-2-5-25(19-24)35(40)53)21-43(31(27)18-23)26-12-14-50-15-13-26/h2-9,18-19,21-22,26,30H,10-17,20H2,1H3,(H2,40,53)(H,41,46)(H,42,45,47). The lowest BCUT2D eigenvalue weighted by Gasteiger charge is -2.27. The van der Waals surface area contributed by atoms with Gasteiger partial charge in [0.15, 0.2) is 0 Å². The highest BCUT2D eigenvalue weighted by molar-refractivity contribution is 7.80. The number of nitrogens with zero attached hydrogens (tertiary/aromatic N) is 2. The summed E-state index contributed by atoms with van der Waals surface area (Å²) in [5.41, 5.74) is 11.0. The van der Waals surface area contributed by atoms with Gasteiger partial charge in [-0.3, -0.25) is 34.2 Å². The van der Waals surface area contributed by atoms with E-state index in [1.807, 2.05) is 24.3 Å². The first-order valence-electron chi connectivity index (χ1n) is 17.6. The van der Waals surface area contributed by atoms with Crippen molar-refractivity contribution in [2.45, 2.75) is 57.3 Å². The van der Waals surface area contributed by atoms with E-state index in [-0.39, 0.29) is 54.9 Å². The Morgan fingerprint density at radius 1 is 1.00 bits per heavy atom. The molecule has 13 nitrogen and oxygen atoms in total. The van der Waals surface area contributed by atoms with E-state index in [4.69, 9.17) is 32.2 Å². The van der Waals surface area contributed by atoms with Crippen LogP contribution in [0.25, 0.3) is 22.0 Å². The summed E-state index contributed by atoms with van der Waals surface area (Å²) in [6, 6.07) is 17.9. The van der Waals surface area contributed by atoms with E-state index in [2.05, 4.69) is 39.6 Å². The fourth-order valence-electron chi connectivity index (χ4n) is 7.13. The molecule has 7 rings (SSSR count). The molecule has 0 bridgehead atoms. The number of aromatic nitrogens is 1. The van der Waals surface area contributed by atoms with Crippen LogP contribution in [-0.4, -0.2) is 82.6 Å². The van der Waals surface area contributed by atoms with Gasteiger partial charge in [0, 0.05) is 60.4 Å². The van der Waals surface area contributed by atoms with Crippen molar-refractivity contribution in [3.63, 3.8) is 0 Å². The number of piperidine rings is 1. The molecular formula is C39H39N5O8S. The number of carbonyl (C=O) groups is 5. The largest absolute Gasteiger partial charge is 0.490 e. The molecule has 2 atom stereocenters. The van der Waals surface area contributed by atoms with Crippen molar-refractivity contribution in [3.8, 4) is 16.9 Å². The van der Waals surface area contributed by atoms with Crippen LogP contribution in [-0.2, 0) is 30.4 Å². The zero-order valence-corrected chi connectivity index (χ0v) is 29.9. The third kappa shape index (κ3) is 7.30. The van der Waals surface area contributed by atoms with Gasteiger partial charge in [-0.15, -0.1) is 0 Å². The van der Waals surface area contributed by atoms with Crippen molar-refractivity contribution in [3.05, 3.63) is 89.1 Å². The van der Waals surface area contributed by atoms with Gasteiger partial charge in [-0.25, -0.2) is 0 Å². The number of nitrogens with one attached hydrogen (secondary N) is 2. The number of fused-ring (bicyclic) bond motifs is 2. The number of nitrogens with two attached hydrogens (primary N) is 1. The molecule has 2 unspecified atom stereocenters. The number of amides is 5. The maximum atomic E-state index is 13.3. The van der Waals surface area contributed by atoms with Gasteiger partial charge in [0.1, 0.15) is 29.5 Å². The SMILES string of the molecule is CC(OCCOc1cccc2c1C(=O)N(C1CCC(=O)NC1=O)C2=O)C(=O)NCc1ccc2c(-c3cccc(C(N)=S)c3)cn(C3CCOCC3)c2c1. The number of thiocarbonyl (C=S) groups is 1. The number of imide groups is 2. The summed E-state index contributed by atoms with van der Waals surface area (Å²) in [6.45, 7) is 3.35. The minimum absolute atomic E-state index is 0.00384. The lowest BCUT2D eigenvalue weighted by Crippen LogP contribution is -2.54. The summed E-state index contributed by atoms with van der Waals surface area (Å²) < 4.78 is 19.5. The fraction of sp³-hybridized carbons (Fsp3) is 0.333. The summed E-state index contributed by atoms with van der Waals surface area (Å²) in [5.74, 6) is -2.56. The minimum Gasteiger partial charge on any atom is -0.490 e. The molecule has 5 amide bonds. The van der Waals surface area contributed by atoms with E-state index >= 15 is 0 Å². The van der Waals surface area contributed by atoms with Crippen molar-refractivity contribution in [1.82, 2.24) is 20.1 Å².